The fourth-order valence-corrected chi connectivity index (χ4v) is 4.36. The number of rotatable bonds is 7. The quantitative estimate of drug-likeness (QED) is 0.663. The molecule has 2 N–H and O–H groups in total. The van der Waals surface area contributed by atoms with Crippen LogP contribution in [0.15, 0.2) is 10.6 Å². The third kappa shape index (κ3) is 2.72. The second-order valence-corrected chi connectivity index (χ2v) is 6.81. The predicted octanol–water partition coefficient (Wildman–Crippen LogP) is 0.671. The number of carbonyl (C=O) groups excluding carboxylic acids is 1. The minimum absolute atomic E-state index is 0.0348. The van der Waals surface area contributed by atoms with E-state index >= 15 is 0 Å². The zero-order valence-electron chi connectivity index (χ0n) is 12.8. The molecule has 3 atom stereocenters. The molecule has 0 aromatic carbocycles. The number of fused-ring (bicyclic) bond motifs is 1. The molecule has 1 amide bonds. The van der Waals surface area contributed by atoms with Gasteiger partial charge in [-0.25, -0.2) is 4.79 Å². The van der Waals surface area contributed by atoms with Crippen LogP contribution in [0.2, 0.25) is 0 Å². The zero-order chi connectivity index (χ0) is 16.6. The molecule has 0 unspecified atom stereocenters. The molecular weight excluding hydrogens is 308 g/mol. The Kier molecular flexibility index (Phi) is 4.81. The van der Waals surface area contributed by atoms with Crippen molar-refractivity contribution in [3.63, 3.8) is 0 Å². The lowest BCUT2D eigenvalue weighted by molar-refractivity contribution is -0.155. The van der Waals surface area contributed by atoms with Crippen LogP contribution in [0.25, 0.3) is 0 Å². The van der Waals surface area contributed by atoms with Gasteiger partial charge in [0, 0.05) is 17.1 Å². The number of hydrogen-bond donors (Lipinski definition) is 2. The maximum absolute atomic E-state index is 12.0. The maximum Gasteiger partial charge on any atom is 0.353 e. The summed E-state index contributed by atoms with van der Waals surface area (Å²) in [6.45, 7) is 1.91. The molecule has 0 saturated carbocycles. The fraction of sp³-hybridized carbons (Fsp3) is 0.643. The topological polar surface area (TPSA) is 98.2 Å². The summed E-state index contributed by atoms with van der Waals surface area (Å²) < 4.78 is 0. The van der Waals surface area contributed by atoms with Crippen LogP contribution in [0.5, 0.6) is 0 Å². The lowest BCUT2D eigenvalue weighted by atomic mass is 9.85. The number of amides is 1. The number of nitrogens with zero attached hydrogens (tertiary/aromatic N) is 2. The summed E-state index contributed by atoms with van der Waals surface area (Å²) in [5, 5.41) is 18.6. The molecule has 0 aromatic heterocycles. The number of likely N-dealkylation sites (N-methyl/N-ethyl adjacent to an activating group) is 1. The van der Waals surface area contributed by atoms with E-state index in [0.717, 1.165) is 0 Å². The molecular formula is C14H20N2O5S. The van der Waals surface area contributed by atoms with E-state index in [-0.39, 0.29) is 29.3 Å². The Morgan fingerprint density at radius 2 is 2.05 bits per heavy atom. The van der Waals surface area contributed by atoms with Gasteiger partial charge in [0.25, 0.3) is 0 Å². The van der Waals surface area contributed by atoms with Gasteiger partial charge in [-0.3, -0.25) is 14.5 Å². The number of hydrogen-bond acceptors (Lipinski definition) is 5. The van der Waals surface area contributed by atoms with Crippen LogP contribution in [0.4, 0.5) is 0 Å². The Labute approximate surface area is 132 Å². The average molecular weight is 328 g/mol. The molecule has 7 nitrogen and oxygen atoms in total. The van der Waals surface area contributed by atoms with E-state index in [1.807, 2.05) is 6.92 Å². The largest absolute Gasteiger partial charge is 0.480 e. The number of carboxylic acid groups (broad SMARTS) is 2. The van der Waals surface area contributed by atoms with Crippen molar-refractivity contribution in [3.05, 3.63) is 10.6 Å². The van der Waals surface area contributed by atoms with Crippen molar-refractivity contribution in [1.29, 1.82) is 0 Å². The second-order valence-electron chi connectivity index (χ2n) is 5.70. The van der Waals surface area contributed by atoms with E-state index < -0.39 is 18.0 Å². The second kappa shape index (κ2) is 6.29. The summed E-state index contributed by atoms with van der Waals surface area (Å²) in [5.74, 6) is -2.07. The SMILES string of the molecule is CC[C@H]1C(=O)N2C(C(=O)O)=C(SC[C@H](C(=O)O)N(C)C)C[C@H]12. The van der Waals surface area contributed by atoms with Gasteiger partial charge in [-0.05, 0) is 20.5 Å². The van der Waals surface area contributed by atoms with E-state index in [2.05, 4.69) is 0 Å². The van der Waals surface area contributed by atoms with E-state index in [4.69, 9.17) is 0 Å². The molecule has 0 bridgehead atoms. The van der Waals surface area contributed by atoms with Crippen LogP contribution < -0.4 is 0 Å². The average Bonchev–Trinajstić information content (AvgIpc) is 2.74. The van der Waals surface area contributed by atoms with Gasteiger partial charge in [0.15, 0.2) is 0 Å². The smallest absolute Gasteiger partial charge is 0.353 e. The van der Waals surface area contributed by atoms with Crippen molar-refractivity contribution in [2.45, 2.75) is 31.8 Å². The van der Waals surface area contributed by atoms with Crippen molar-refractivity contribution in [2.75, 3.05) is 19.8 Å². The van der Waals surface area contributed by atoms with Crippen LogP contribution in [-0.4, -0.2) is 69.8 Å². The molecule has 1 saturated heterocycles. The highest BCUT2D eigenvalue weighted by Crippen LogP contribution is 2.47. The molecule has 22 heavy (non-hydrogen) atoms. The van der Waals surface area contributed by atoms with Gasteiger partial charge in [0.05, 0.1) is 12.0 Å². The molecule has 8 heteroatoms. The normalized spacial score (nSPS) is 25.3. The van der Waals surface area contributed by atoms with Crippen LogP contribution in [0.1, 0.15) is 19.8 Å². The van der Waals surface area contributed by atoms with E-state index in [1.54, 1.807) is 19.0 Å². The number of β-lactam (4-membered cyclic amide) rings is 1. The van der Waals surface area contributed by atoms with Crippen LogP contribution in [0, 0.1) is 5.92 Å². The van der Waals surface area contributed by atoms with Crippen LogP contribution in [-0.2, 0) is 14.4 Å². The Hall–Kier alpha value is -1.54. The molecule has 1 fully saturated rings. The highest BCUT2D eigenvalue weighted by molar-refractivity contribution is 8.03. The fourth-order valence-electron chi connectivity index (χ4n) is 2.95. The van der Waals surface area contributed by atoms with Gasteiger partial charge in [0.2, 0.25) is 5.91 Å². The molecule has 0 aromatic rings. The summed E-state index contributed by atoms with van der Waals surface area (Å²) in [6.07, 6.45) is 1.20. The summed E-state index contributed by atoms with van der Waals surface area (Å²) in [7, 11) is 3.34. The Bertz CT molecular complexity index is 545. The van der Waals surface area contributed by atoms with Crippen molar-refractivity contribution in [2.24, 2.45) is 5.92 Å². The Morgan fingerprint density at radius 1 is 1.41 bits per heavy atom. The van der Waals surface area contributed by atoms with Crippen molar-refractivity contribution >= 4 is 29.6 Å². The summed E-state index contributed by atoms with van der Waals surface area (Å²) in [5.41, 5.74) is 0.0348. The molecule has 0 spiro atoms. The highest BCUT2D eigenvalue weighted by Gasteiger charge is 2.54. The van der Waals surface area contributed by atoms with Gasteiger partial charge in [-0.15, -0.1) is 11.8 Å². The Balaban J connectivity index is 2.15. The first-order valence-electron chi connectivity index (χ1n) is 7.11. The number of carbonyl (C=O) groups is 3. The van der Waals surface area contributed by atoms with Crippen LogP contribution in [0.3, 0.4) is 0 Å². The van der Waals surface area contributed by atoms with Crippen molar-refractivity contribution in [3.8, 4) is 0 Å². The minimum Gasteiger partial charge on any atom is -0.480 e. The molecule has 2 aliphatic rings. The van der Waals surface area contributed by atoms with E-state index in [0.29, 0.717) is 17.7 Å². The van der Waals surface area contributed by atoms with Crippen molar-refractivity contribution in [1.82, 2.24) is 9.80 Å². The zero-order valence-corrected chi connectivity index (χ0v) is 13.6. The number of carboxylic acids is 2. The first kappa shape index (κ1) is 16.8. The van der Waals surface area contributed by atoms with Gasteiger partial charge >= 0.3 is 11.9 Å². The molecule has 2 rings (SSSR count). The lowest BCUT2D eigenvalue weighted by Gasteiger charge is -2.42. The maximum atomic E-state index is 12.0. The first-order valence-corrected chi connectivity index (χ1v) is 8.09. The standard InChI is InChI=1S/C14H20N2O5S/c1-4-7-8-5-10(11(14(20)21)16(8)12(7)17)22-6-9(13(18)19)15(2)3/h7-9H,4-6H2,1-3H3,(H,18,19)(H,20,21)/t7-,8-,9-/m1/s1. The summed E-state index contributed by atoms with van der Waals surface area (Å²) in [6, 6.07) is -0.771. The van der Waals surface area contributed by atoms with Gasteiger partial charge in [-0.1, -0.05) is 6.92 Å². The van der Waals surface area contributed by atoms with E-state index in [9.17, 15) is 24.6 Å². The molecule has 2 aliphatic heterocycles. The van der Waals surface area contributed by atoms with Gasteiger partial charge in [0.1, 0.15) is 11.7 Å². The lowest BCUT2D eigenvalue weighted by Crippen LogP contribution is -2.58. The third-order valence-electron chi connectivity index (χ3n) is 4.22. The third-order valence-corrected chi connectivity index (χ3v) is 5.41. The molecule has 0 aliphatic carbocycles. The van der Waals surface area contributed by atoms with Gasteiger partial charge < -0.3 is 15.1 Å². The summed E-state index contributed by atoms with van der Waals surface area (Å²) >= 11 is 1.23. The molecule has 122 valence electrons. The minimum atomic E-state index is -1.12. The van der Waals surface area contributed by atoms with Gasteiger partial charge in [-0.2, -0.15) is 0 Å². The van der Waals surface area contributed by atoms with Crippen molar-refractivity contribution < 1.29 is 24.6 Å². The summed E-state index contributed by atoms with van der Waals surface area (Å²) in [4.78, 5) is 38.2. The van der Waals surface area contributed by atoms with E-state index in [1.165, 1.54) is 16.7 Å². The van der Waals surface area contributed by atoms with Crippen LogP contribution >= 0.6 is 11.8 Å². The number of aliphatic carboxylic acids is 2. The number of thioether (sulfide) groups is 1. The first-order chi connectivity index (χ1) is 10.3. The predicted molar refractivity (Wildman–Crippen MR) is 81.3 cm³/mol. The Morgan fingerprint density at radius 3 is 2.50 bits per heavy atom. The molecule has 0 radical (unpaired) electrons. The monoisotopic (exact) mass is 328 g/mol. The highest BCUT2D eigenvalue weighted by atomic mass is 32.2. The molecule has 2 heterocycles.